The third kappa shape index (κ3) is 3.44. The molecule has 1 heterocycles. The van der Waals surface area contributed by atoms with Crippen molar-refractivity contribution in [2.24, 2.45) is 0 Å². The average Bonchev–Trinajstić information content (AvgIpc) is 3.00. The maximum Gasteiger partial charge on any atom is 0.101 e. The first-order valence-electron chi connectivity index (χ1n) is 6.19. The Morgan fingerprint density at radius 3 is 2.37 bits per heavy atom. The predicted octanol–water partition coefficient (Wildman–Crippen LogP) is 5.01. The zero-order valence-corrected chi connectivity index (χ0v) is 12.0. The van der Waals surface area contributed by atoms with Crippen molar-refractivity contribution < 1.29 is 4.18 Å². The molecule has 1 atom stereocenters. The third-order valence-corrected chi connectivity index (χ3v) is 4.56. The first kappa shape index (κ1) is 12.9. The van der Waals surface area contributed by atoms with Gasteiger partial charge in [-0.05, 0) is 34.7 Å². The Hall–Kier alpha value is -1.16. The van der Waals surface area contributed by atoms with E-state index in [2.05, 4.69) is 60.0 Å². The van der Waals surface area contributed by atoms with Gasteiger partial charge in [-0.3, -0.25) is 0 Å². The summed E-state index contributed by atoms with van der Waals surface area (Å²) in [7, 11) is 0. The number of hydrogen-bond acceptors (Lipinski definition) is 3. The largest absolute Gasteiger partial charge is 0.302 e. The van der Waals surface area contributed by atoms with Crippen LogP contribution in [-0.2, 0) is 4.18 Å². The summed E-state index contributed by atoms with van der Waals surface area (Å²) in [5.41, 5.74) is 2.48. The van der Waals surface area contributed by atoms with Crippen molar-refractivity contribution in [1.82, 2.24) is 0 Å². The van der Waals surface area contributed by atoms with E-state index in [1.54, 1.807) is 11.8 Å². The summed E-state index contributed by atoms with van der Waals surface area (Å²) in [4.78, 5) is 1.14. The van der Waals surface area contributed by atoms with E-state index in [1.807, 2.05) is 6.07 Å². The Bertz CT molecular complexity index is 549. The van der Waals surface area contributed by atoms with Crippen LogP contribution in [0.3, 0.4) is 0 Å². The van der Waals surface area contributed by atoms with E-state index in [1.165, 1.54) is 23.2 Å². The standard InChI is InChI=1S/C16H14OS2/c1-2-4-13(5-3-1)14-6-8-16(9-7-14)19-17-15-10-11-18-12-15/h1-11,15H,12H2. The molecule has 2 aromatic carbocycles. The first-order chi connectivity index (χ1) is 9.42. The molecule has 0 bridgehead atoms. The van der Waals surface area contributed by atoms with Gasteiger partial charge in [-0.25, -0.2) is 0 Å². The van der Waals surface area contributed by atoms with Crippen LogP contribution < -0.4 is 0 Å². The van der Waals surface area contributed by atoms with Gasteiger partial charge in [0.1, 0.15) is 6.10 Å². The minimum atomic E-state index is 0.240. The highest BCUT2D eigenvalue weighted by Gasteiger charge is 2.10. The highest BCUT2D eigenvalue weighted by molar-refractivity contribution is 8.02. The fraction of sp³-hybridized carbons (Fsp3) is 0.125. The van der Waals surface area contributed by atoms with Gasteiger partial charge in [-0.1, -0.05) is 42.5 Å². The highest BCUT2D eigenvalue weighted by atomic mass is 32.2. The lowest BCUT2D eigenvalue weighted by molar-refractivity contribution is 0.328. The van der Waals surface area contributed by atoms with Gasteiger partial charge in [0.25, 0.3) is 0 Å². The molecule has 0 aromatic heterocycles. The maximum atomic E-state index is 5.74. The van der Waals surface area contributed by atoms with Crippen molar-refractivity contribution in [2.75, 3.05) is 5.75 Å². The molecular weight excluding hydrogens is 272 g/mol. The van der Waals surface area contributed by atoms with E-state index in [-0.39, 0.29) is 6.10 Å². The predicted molar refractivity (Wildman–Crippen MR) is 84.2 cm³/mol. The van der Waals surface area contributed by atoms with Gasteiger partial charge in [0.2, 0.25) is 0 Å². The van der Waals surface area contributed by atoms with Crippen molar-refractivity contribution >= 4 is 23.8 Å². The smallest absolute Gasteiger partial charge is 0.101 e. The molecule has 96 valence electrons. The second-order valence-electron chi connectivity index (χ2n) is 4.27. The lowest BCUT2D eigenvalue weighted by Gasteiger charge is -2.08. The number of thioether (sulfide) groups is 1. The van der Waals surface area contributed by atoms with Crippen LogP contribution in [0.4, 0.5) is 0 Å². The Labute approximate surface area is 122 Å². The van der Waals surface area contributed by atoms with Crippen molar-refractivity contribution in [3.8, 4) is 11.1 Å². The third-order valence-electron chi connectivity index (χ3n) is 2.88. The molecule has 19 heavy (non-hydrogen) atoms. The molecular formula is C16H14OS2. The molecule has 0 N–H and O–H groups in total. The molecule has 0 fully saturated rings. The molecule has 0 saturated carbocycles. The minimum absolute atomic E-state index is 0.240. The minimum Gasteiger partial charge on any atom is -0.302 e. The van der Waals surface area contributed by atoms with Crippen molar-refractivity contribution in [3.63, 3.8) is 0 Å². The average molecular weight is 286 g/mol. The van der Waals surface area contributed by atoms with Crippen LogP contribution in [0.15, 0.2) is 71.0 Å². The summed E-state index contributed by atoms with van der Waals surface area (Å²) in [5, 5.41) is 2.10. The second-order valence-corrected chi connectivity index (χ2v) is 6.04. The normalized spacial score (nSPS) is 17.8. The molecule has 0 aliphatic carbocycles. The Kier molecular flexibility index (Phi) is 4.28. The first-order valence-corrected chi connectivity index (χ1v) is 7.98. The van der Waals surface area contributed by atoms with E-state index in [0.717, 1.165) is 10.6 Å². The lowest BCUT2D eigenvalue weighted by atomic mass is 10.1. The summed E-state index contributed by atoms with van der Waals surface area (Å²) < 4.78 is 5.74. The fourth-order valence-corrected chi connectivity index (χ4v) is 3.33. The van der Waals surface area contributed by atoms with Gasteiger partial charge in [-0.2, -0.15) is 0 Å². The monoisotopic (exact) mass is 286 g/mol. The van der Waals surface area contributed by atoms with Crippen LogP contribution in [0.2, 0.25) is 0 Å². The molecule has 2 aromatic rings. The van der Waals surface area contributed by atoms with Crippen molar-refractivity contribution in [3.05, 3.63) is 66.1 Å². The Balaban J connectivity index is 1.64. The topological polar surface area (TPSA) is 9.23 Å². The Morgan fingerprint density at radius 2 is 1.68 bits per heavy atom. The quantitative estimate of drug-likeness (QED) is 0.731. The molecule has 0 saturated heterocycles. The van der Waals surface area contributed by atoms with Crippen LogP contribution in [0.25, 0.3) is 11.1 Å². The maximum absolute atomic E-state index is 5.74. The summed E-state index contributed by atoms with van der Waals surface area (Å²) in [6.07, 6.45) is 2.35. The molecule has 0 spiro atoms. The van der Waals surface area contributed by atoms with Crippen LogP contribution in [0.1, 0.15) is 0 Å². The van der Waals surface area contributed by atoms with E-state index < -0.39 is 0 Å². The van der Waals surface area contributed by atoms with Gasteiger partial charge < -0.3 is 4.18 Å². The molecule has 1 nitrogen and oxygen atoms in total. The number of benzene rings is 2. The zero-order chi connectivity index (χ0) is 12.9. The van der Waals surface area contributed by atoms with Gasteiger partial charge >= 0.3 is 0 Å². The van der Waals surface area contributed by atoms with Gasteiger partial charge in [0, 0.05) is 22.7 Å². The molecule has 0 radical (unpaired) electrons. The molecule has 1 unspecified atom stereocenters. The second kappa shape index (κ2) is 6.33. The summed E-state index contributed by atoms with van der Waals surface area (Å²) in [5.74, 6) is 1.02. The van der Waals surface area contributed by atoms with Crippen molar-refractivity contribution in [1.29, 1.82) is 0 Å². The van der Waals surface area contributed by atoms with Gasteiger partial charge in [0.15, 0.2) is 0 Å². The zero-order valence-electron chi connectivity index (χ0n) is 10.4. The molecule has 0 amide bonds. The van der Waals surface area contributed by atoms with Gasteiger partial charge in [-0.15, -0.1) is 11.8 Å². The molecule has 3 rings (SSSR count). The summed E-state index contributed by atoms with van der Waals surface area (Å²) in [6, 6.07) is 18.9. The Morgan fingerprint density at radius 1 is 0.947 bits per heavy atom. The summed E-state index contributed by atoms with van der Waals surface area (Å²) in [6.45, 7) is 0. The highest BCUT2D eigenvalue weighted by Crippen LogP contribution is 2.28. The fourth-order valence-electron chi connectivity index (χ4n) is 1.86. The van der Waals surface area contributed by atoms with E-state index in [4.69, 9.17) is 4.18 Å². The van der Waals surface area contributed by atoms with Crippen LogP contribution in [0, 0.1) is 0 Å². The van der Waals surface area contributed by atoms with Crippen molar-refractivity contribution in [2.45, 2.75) is 11.0 Å². The number of hydrogen-bond donors (Lipinski definition) is 0. The molecule has 1 aliphatic rings. The summed E-state index contributed by atoms with van der Waals surface area (Å²) >= 11 is 3.26. The number of rotatable bonds is 4. The van der Waals surface area contributed by atoms with Crippen LogP contribution in [0.5, 0.6) is 0 Å². The van der Waals surface area contributed by atoms with E-state index in [0.29, 0.717) is 0 Å². The van der Waals surface area contributed by atoms with Gasteiger partial charge in [0.05, 0.1) is 0 Å². The molecule has 1 aliphatic heterocycles. The van der Waals surface area contributed by atoms with E-state index >= 15 is 0 Å². The SMILES string of the molecule is C1=CC(OSc2ccc(-c3ccccc3)cc2)CS1. The molecule has 3 heteroatoms. The van der Waals surface area contributed by atoms with Crippen LogP contribution in [-0.4, -0.2) is 11.9 Å². The van der Waals surface area contributed by atoms with E-state index in [9.17, 15) is 0 Å². The van der Waals surface area contributed by atoms with Crippen LogP contribution >= 0.6 is 23.8 Å². The lowest BCUT2D eigenvalue weighted by Crippen LogP contribution is -2.03.